The van der Waals surface area contributed by atoms with E-state index in [1.807, 2.05) is 35.7 Å². The van der Waals surface area contributed by atoms with Gasteiger partial charge < -0.3 is 20.9 Å². The summed E-state index contributed by atoms with van der Waals surface area (Å²) in [7, 11) is 0. The van der Waals surface area contributed by atoms with Gasteiger partial charge in [-0.3, -0.25) is 9.89 Å². The Bertz CT molecular complexity index is 1220. The summed E-state index contributed by atoms with van der Waals surface area (Å²) in [4.78, 5) is 24.4. The molecule has 0 bridgehead atoms. The molecule has 11 heteroatoms. The van der Waals surface area contributed by atoms with E-state index in [9.17, 15) is 4.79 Å². The van der Waals surface area contributed by atoms with Crippen LogP contribution in [0.4, 0.5) is 22.9 Å². The van der Waals surface area contributed by atoms with E-state index < -0.39 is 0 Å². The number of rotatable bonds is 5. The van der Waals surface area contributed by atoms with Crippen LogP contribution in [0.2, 0.25) is 5.28 Å². The first-order valence-electron chi connectivity index (χ1n) is 9.75. The molecule has 158 valence electrons. The molecule has 1 amide bonds. The topological polar surface area (TPSA) is 111 Å². The molecule has 1 fully saturated rings. The molecule has 0 radical (unpaired) electrons. The summed E-state index contributed by atoms with van der Waals surface area (Å²) < 4.78 is 0. The number of nitrogens with zero attached hydrogens (tertiary/aromatic N) is 4. The van der Waals surface area contributed by atoms with Crippen molar-refractivity contribution in [1.29, 1.82) is 0 Å². The Kier molecular flexibility index (Phi) is 5.41. The first-order chi connectivity index (χ1) is 15.2. The molecule has 5 rings (SSSR count). The third-order valence-electron chi connectivity index (χ3n) is 5.02. The van der Waals surface area contributed by atoms with Crippen molar-refractivity contribution in [2.24, 2.45) is 0 Å². The van der Waals surface area contributed by atoms with Crippen molar-refractivity contribution in [2.45, 2.75) is 0 Å². The molecule has 0 unspecified atom stereocenters. The SMILES string of the molecule is O=C(Nc1ccc(N2CCNCC2)cc1)c1[nH]ncc1Nc1nc(Cl)nc2sccc12. The van der Waals surface area contributed by atoms with Gasteiger partial charge in [0.25, 0.3) is 5.91 Å². The van der Waals surface area contributed by atoms with Gasteiger partial charge in [0, 0.05) is 37.6 Å². The highest BCUT2D eigenvalue weighted by molar-refractivity contribution is 7.16. The minimum atomic E-state index is -0.309. The number of benzene rings is 1. The van der Waals surface area contributed by atoms with E-state index in [0.717, 1.165) is 42.1 Å². The number of fused-ring (bicyclic) bond motifs is 1. The Morgan fingerprint density at radius 3 is 2.74 bits per heavy atom. The van der Waals surface area contributed by atoms with Crippen LogP contribution in [-0.2, 0) is 0 Å². The third-order valence-corrected chi connectivity index (χ3v) is 6.00. The number of carbonyl (C=O) groups is 1. The summed E-state index contributed by atoms with van der Waals surface area (Å²) >= 11 is 7.50. The molecule has 31 heavy (non-hydrogen) atoms. The van der Waals surface area contributed by atoms with Crippen LogP contribution in [0.5, 0.6) is 0 Å². The lowest BCUT2D eigenvalue weighted by atomic mass is 10.2. The van der Waals surface area contributed by atoms with E-state index in [4.69, 9.17) is 11.6 Å². The second kappa shape index (κ2) is 8.50. The van der Waals surface area contributed by atoms with Crippen molar-refractivity contribution in [3.63, 3.8) is 0 Å². The molecule has 0 aliphatic carbocycles. The fraction of sp³-hybridized carbons (Fsp3) is 0.200. The predicted molar refractivity (Wildman–Crippen MR) is 124 cm³/mol. The van der Waals surface area contributed by atoms with Crippen LogP contribution < -0.4 is 20.9 Å². The molecule has 9 nitrogen and oxygen atoms in total. The number of thiophene rings is 1. The van der Waals surface area contributed by atoms with Gasteiger partial charge in [-0.1, -0.05) is 0 Å². The second-order valence-electron chi connectivity index (χ2n) is 7.00. The number of anilines is 4. The zero-order valence-electron chi connectivity index (χ0n) is 16.4. The number of hydrogen-bond acceptors (Lipinski definition) is 8. The molecule has 1 aliphatic rings. The van der Waals surface area contributed by atoms with Gasteiger partial charge in [0.15, 0.2) is 0 Å². The first kappa shape index (κ1) is 19.7. The number of nitrogens with one attached hydrogen (secondary N) is 4. The van der Waals surface area contributed by atoms with E-state index >= 15 is 0 Å². The second-order valence-corrected chi connectivity index (χ2v) is 8.24. The van der Waals surface area contributed by atoms with Gasteiger partial charge in [-0.25, -0.2) is 4.98 Å². The zero-order chi connectivity index (χ0) is 21.2. The third kappa shape index (κ3) is 4.18. The Morgan fingerprint density at radius 1 is 1.13 bits per heavy atom. The van der Waals surface area contributed by atoms with Crippen LogP contribution in [0.15, 0.2) is 41.9 Å². The number of aromatic amines is 1. The van der Waals surface area contributed by atoms with Gasteiger partial charge in [0.1, 0.15) is 16.3 Å². The molecule has 1 aliphatic heterocycles. The number of carbonyl (C=O) groups excluding carboxylic acids is 1. The van der Waals surface area contributed by atoms with Gasteiger partial charge in [0.2, 0.25) is 5.28 Å². The standard InChI is InChI=1S/C20H19ClN8OS/c21-20-26-17(14-5-10-31-19(14)27-20)25-15-11-23-28-16(15)18(30)24-12-1-3-13(4-2-12)29-8-6-22-7-9-29/h1-5,10-11,22H,6-9H2,(H,23,28)(H,24,30)(H,25,26,27). The molecular weight excluding hydrogens is 436 g/mol. The molecule has 3 aromatic heterocycles. The van der Waals surface area contributed by atoms with Crippen molar-refractivity contribution in [1.82, 2.24) is 25.5 Å². The molecule has 1 saturated heterocycles. The number of hydrogen-bond donors (Lipinski definition) is 4. The predicted octanol–water partition coefficient (Wildman–Crippen LogP) is 3.47. The molecule has 4 N–H and O–H groups in total. The van der Waals surface area contributed by atoms with Gasteiger partial charge in [-0.15, -0.1) is 11.3 Å². The van der Waals surface area contributed by atoms with Crippen LogP contribution >= 0.6 is 22.9 Å². The number of H-pyrrole nitrogens is 1. The lowest BCUT2D eigenvalue weighted by Crippen LogP contribution is -2.43. The summed E-state index contributed by atoms with van der Waals surface area (Å²) in [6.07, 6.45) is 1.54. The average Bonchev–Trinajstić information content (AvgIpc) is 3.44. The van der Waals surface area contributed by atoms with Gasteiger partial charge in [-0.05, 0) is 47.3 Å². The van der Waals surface area contributed by atoms with E-state index in [0.29, 0.717) is 22.9 Å². The Hall–Kier alpha value is -3.21. The zero-order valence-corrected chi connectivity index (χ0v) is 17.9. The van der Waals surface area contributed by atoms with Crippen molar-refractivity contribution >= 4 is 61.9 Å². The van der Waals surface area contributed by atoms with Crippen LogP contribution in [-0.4, -0.2) is 52.3 Å². The lowest BCUT2D eigenvalue weighted by molar-refractivity contribution is 0.102. The lowest BCUT2D eigenvalue weighted by Gasteiger charge is -2.29. The summed E-state index contributed by atoms with van der Waals surface area (Å²) in [6.45, 7) is 3.89. The minimum Gasteiger partial charge on any atom is -0.369 e. The number of aromatic nitrogens is 4. The van der Waals surface area contributed by atoms with E-state index in [-0.39, 0.29) is 11.2 Å². The van der Waals surface area contributed by atoms with Crippen molar-refractivity contribution in [2.75, 3.05) is 41.7 Å². The normalized spacial score (nSPS) is 14.0. The molecule has 0 atom stereocenters. The summed E-state index contributed by atoms with van der Waals surface area (Å²) in [6, 6.07) is 9.74. The van der Waals surface area contributed by atoms with Crippen molar-refractivity contribution in [3.8, 4) is 0 Å². The molecule has 4 aromatic rings. The number of piperazine rings is 1. The Labute approximate surface area is 186 Å². The van der Waals surface area contributed by atoms with Crippen molar-refractivity contribution in [3.05, 3.63) is 52.9 Å². The van der Waals surface area contributed by atoms with Crippen LogP contribution in [0.25, 0.3) is 10.2 Å². The maximum Gasteiger partial charge on any atom is 0.275 e. The summed E-state index contributed by atoms with van der Waals surface area (Å²) in [5, 5.41) is 19.0. The van der Waals surface area contributed by atoms with E-state index in [1.165, 1.54) is 17.5 Å². The highest BCUT2D eigenvalue weighted by Crippen LogP contribution is 2.29. The molecular formula is C20H19ClN8OS. The maximum atomic E-state index is 12.9. The van der Waals surface area contributed by atoms with Crippen LogP contribution in [0.1, 0.15) is 10.5 Å². The highest BCUT2D eigenvalue weighted by Gasteiger charge is 2.17. The Balaban J connectivity index is 1.32. The summed E-state index contributed by atoms with van der Waals surface area (Å²) in [5.41, 5.74) is 2.64. The average molecular weight is 455 g/mol. The quantitative estimate of drug-likeness (QED) is 0.342. The maximum absolute atomic E-state index is 12.9. The summed E-state index contributed by atoms with van der Waals surface area (Å²) in [5.74, 6) is 0.212. The minimum absolute atomic E-state index is 0.136. The molecule has 1 aromatic carbocycles. The van der Waals surface area contributed by atoms with Crippen molar-refractivity contribution < 1.29 is 4.79 Å². The fourth-order valence-corrected chi connectivity index (χ4v) is 4.46. The van der Waals surface area contributed by atoms with E-state index in [2.05, 4.69) is 41.0 Å². The molecule has 0 spiro atoms. The highest BCUT2D eigenvalue weighted by atomic mass is 35.5. The monoisotopic (exact) mass is 454 g/mol. The largest absolute Gasteiger partial charge is 0.369 e. The van der Waals surface area contributed by atoms with Gasteiger partial charge >= 0.3 is 0 Å². The molecule has 4 heterocycles. The smallest absolute Gasteiger partial charge is 0.275 e. The van der Waals surface area contributed by atoms with Crippen LogP contribution in [0.3, 0.4) is 0 Å². The fourth-order valence-electron chi connectivity index (χ4n) is 3.48. The molecule has 0 saturated carbocycles. The van der Waals surface area contributed by atoms with Gasteiger partial charge in [0.05, 0.1) is 17.3 Å². The Morgan fingerprint density at radius 2 is 1.94 bits per heavy atom. The van der Waals surface area contributed by atoms with Gasteiger partial charge in [-0.2, -0.15) is 10.1 Å². The van der Waals surface area contributed by atoms with E-state index in [1.54, 1.807) is 0 Å². The number of amides is 1. The first-order valence-corrected chi connectivity index (χ1v) is 11.0. The number of halogens is 1. The van der Waals surface area contributed by atoms with Crippen LogP contribution in [0, 0.1) is 0 Å².